The largest absolute Gasteiger partial charge is 0.432 e. The molecule has 0 fully saturated rings. The van der Waals surface area contributed by atoms with E-state index in [-0.39, 0.29) is 6.54 Å². The molecule has 0 atom stereocenters. The molecule has 1 aromatic heterocycles. The Bertz CT molecular complexity index is 584. The number of halogens is 3. The molecule has 2 aromatic rings. The summed E-state index contributed by atoms with van der Waals surface area (Å²) in [5.74, 6) is 0. The first kappa shape index (κ1) is 13.5. The van der Waals surface area contributed by atoms with Crippen molar-refractivity contribution >= 4 is 0 Å². The summed E-state index contributed by atoms with van der Waals surface area (Å²) >= 11 is 0. The van der Waals surface area contributed by atoms with Crippen LogP contribution in [0.2, 0.25) is 0 Å². The van der Waals surface area contributed by atoms with Gasteiger partial charge < -0.3 is 0 Å². The summed E-state index contributed by atoms with van der Waals surface area (Å²) in [5, 5.41) is 2.09. The normalized spacial score (nSPS) is 11.7. The van der Waals surface area contributed by atoms with Gasteiger partial charge in [0.25, 0.3) is 5.56 Å². The van der Waals surface area contributed by atoms with Crippen molar-refractivity contribution in [2.24, 2.45) is 0 Å². The van der Waals surface area contributed by atoms with Gasteiger partial charge in [0.1, 0.15) is 5.69 Å². The molecule has 0 unspecified atom stereocenters. The van der Waals surface area contributed by atoms with Crippen LogP contribution in [-0.4, -0.2) is 9.78 Å². The topological polar surface area (TPSA) is 37.8 Å². The van der Waals surface area contributed by atoms with Crippen molar-refractivity contribution in [2.45, 2.75) is 25.6 Å². The maximum absolute atomic E-state index is 12.4. The molecule has 1 heterocycles. The lowest BCUT2D eigenvalue weighted by molar-refractivity contribution is -0.141. The number of hydrogen-bond donors (Lipinski definition) is 1. The van der Waals surface area contributed by atoms with Crippen LogP contribution in [0.15, 0.2) is 41.2 Å². The number of alkyl halides is 3. The van der Waals surface area contributed by atoms with E-state index in [2.05, 4.69) is 5.10 Å². The molecule has 0 saturated heterocycles. The zero-order chi connectivity index (χ0) is 13.9. The highest BCUT2D eigenvalue weighted by Crippen LogP contribution is 2.26. The van der Waals surface area contributed by atoms with Gasteiger partial charge in [0.2, 0.25) is 0 Å². The Morgan fingerprint density at radius 3 is 2.42 bits per heavy atom. The molecular formula is C13H13F3N2O. The second kappa shape index (κ2) is 5.34. The van der Waals surface area contributed by atoms with Gasteiger partial charge in [-0.1, -0.05) is 30.3 Å². The van der Waals surface area contributed by atoms with Gasteiger partial charge in [-0.15, -0.1) is 0 Å². The third-order valence-corrected chi connectivity index (χ3v) is 2.78. The van der Waals surface area contributed by atoms with Crippen LogP contribution in [0.1, 0.15) is 17.7 Å². The van der Waals surface area contributed by atoms with Crippen molar-refractivity contribution in [1.82, 2.24) is 9.78 Å². The second-order valence-corrected chi connectivity index (χ2v) is 4.25. The monoisotopic (exact) mass is 270 g/mol. The van der Waals surface area contributed by atoms with E-state index >= 15 is 0 Å². The van der Waals surface area contributed by atoms with E-state index in [4.69, 9.17) is 0 Å². The lowest BCUT2D eigenvalue weighted by Crippen LogP contribution is -2.16. The fourth-order valence-electron chi connectivity index (χ4n) is 1.83. The van der Waals surface area contributed by atoms with Crippen LogP contribution in [0.4, 0.5) is 13.2 Å². The lowest BCUT2D eigenvalue weighted by atomic mass is 10.1. The van der Waals surface area contributed by atoms with E-state index in [1.807, 2.05) is 30.3 Å². The van der Waals surface area contributed by atoms with Crippen molar-refractivity contribution in [3.63, 3.8) is 0 Å². The number of aryl methyl sites for hydroxylation is 2. The van der Waals surface area contributed by atoms with Crippen LogP contribution in [0.25, 0.3) is 0 Å². The molecule has 1 N–H and O–H groups in total. The van der Waals surface area contributed by atoms with Crippen molar-refractivity contribution < 1.29 is 13.2 Å². The summed E-state index contributed by atoms with van der Waals surface area (Å²) in [6.45, 7) is 0.240. The number of rotatable bonds is 4. The summed E-state index contributed by atoms with van der Waals surface area (Å²) in [6, 6.07) is 10.2. The van der Waals surface area contributed by atoms with Crippen molar-refractivity contribution in [1.29, 1.82) is 0 Å². The molecule has 0 aliphatic carbocycles. The molecule has 6 heteroatoms. The smallest absolute Gasteiger partial charge is 0.291 e. The highest BCUT2D eigenvalue weighted by Gasteiger charge is 2.33. The predicted octanol–water partition coefficient (Wildman–Crippen LogP) is 2.83. The molecule has 0 radical (unpaired) electrons. The number of aromatic amines is 1. The summed E-state index contributed by atoms with van der Waals surface area (Å²) in [7, 11) is 0. The van der Waals surface area contributed by atoms with Crippen LogP contribution in [0, 0.1) is 0 Å². The molecule has 0 amide bonds. The number of H-pyrrole nitrogens is 1. The minimum atomic E-state index is -4.51. The fourth-order valence-corrected chi connectivity index (χ4v) is 1.83. The first-order valence-corrected chi connectivity index (χ1v) is 5.88. The van der Waals surface area contributed by atoms with Gasteiger partial charge in [-0.25, -0.2) is 0 Å². The Balaban J connectivity index is 1.97. The molecule has 3 nitrogen and oxygen atoms in total. The minimum absolute atomic E-state index is 0.240. The van der Waals surface area contributed by atoms with Gasteiger partial charge in [-0.2, -0.15) is 13.2 Å². The SMILES string of the molecule is O=c1cc(C(F)(F)F)[nH]n1CCCc1ccccc1. The molecule has 102 valence electrons. The first-order valence-electron chi connectivity index (χ1n) is 5.88. The number of aromatic nitrogens is 2. The zero-order valence-corrected chi connectivity index (χ0v) is 10.1. The van der Waals surface area contributed by atoms with Crippen molar-refractivity contribution in [2.75, 3.05) is 0 Å². The number of benzene rings is 1. The molecule has 0 saturated carbocycles. The highest BCUT2D eigenvalue weighted by molar-refractivity contribution is 5.14. The second-order valence-electron chi connectivity index (χ2n) is 4.25. The van der Waals surface area contributed by atoms with Crippen LogP contribution >= 0.6 is 0 Å². The Kier molecular flexibility index (Phi) is 3.78. The molecule has 0 aliphatic rings. The third kappa shape index (κ3) is 3.49. The quantitative estimate of drug-likeness (QED) is 0.911. The Morgan fingerprint density at radius 2 is 1.84 bits per heavy atom. The summed E-state index contributed by atoms with van der Waals surface area (Å²) in [6.07, 6.45) is -3.20. The van der Waals surface area contributed by atoms with Gasteiger partial charge in [-0.05, 0) is 18.4 Å². The highest BCUT2D eigenvalue weighted by atomic mass is 19.4. The van der Waals surface area contributed by atoms with E-state index in [1.54, 1.807) is 0 Å². The fraction of sp³-hybridized carbons (Fsp3) is 0.308. The molecule has 19 heavy (non-hydrogen) atoms. The molecule has 1 aromatic carbocycles. The lowest BCUT2D eigenvalue weighted by Gasteiger charge is -2.04. The third-order valence-electron chi connectivity index (χ3n) is 2.78. The number of nitrogens with one attached hydrogen (secondary N) is 1. The predicted molar refractivity (Wildman–Crippen MR) is 64.8 cm³/mol. The average molecular weight is 270 g/mol. The maximum Gasteiger partial charge on any atom is 0.432 e. The van der Waals surface area contributed by atoms with E-state index in [0.29, 0.717) is 18.9 Å². The van der Waals surface area contributed by atoms with Crippen molar-refractivity contribution in [3.8, 4) is 0 Å². The van der Waals surface area contributed by atoms with E-state index in [1.165, 1.54) is 0 Å². The first-order chi connectivity index (χ1) is 8.97. The minimum Gasteiger partial charge on any atom is -0.291 e. The summed E-state index contributed by atoms with van der Waals surface area (Å²) < 4.78 is 38.1. The van der Waals surface area contributed by atoms with Gasteiger partial charge in [0.05, 0.1) is 0 Å². The maximum atomic E-state index is 12.4. The van der Waals surface area contributed by atoms with Gasteiger partial charge >= 0.3 is 6.18 Å². The number of nitrogens with zero attached hydrogens (tertiary/aromatic N) is 1. The van der Waals surface area contributed by atoms with E-state index in [0.717, 1.165) is 10.2 Å². The zero-order valence-electron chi connectivity index (χ0n) is 10.1. The van der Waals surface area contributed by atoms with E-state index < -0.39 is 17.4 Å². The van der Waals surface area contributed by atoms with Gasteiger partial charge in [0.15, 0.2) is 0 Å². The summed E-state index contributed by atoms with van der Waals surface area (Å²) in [5.41, 5.74) is -0.559. The van der Waals surface area contributed by atoms with Crippen LogP contribution in [0.3, 0.4) is 0 Å². The Labute approximate surface area is 107 Å². The van der Waals surface area contributed by atoms with Crippen molar-refractivity contribution in [3.05, 3.63) is 58.0 Å². The molecule has 2 rings (SSSR count). The molecule has 0 bridgehead atoms. The average Bonchev–Trinajstić information content (AvgIpc) is 2.72. The molecule has 0 aliphatic heterocycles. The molecular weight excluding hydrogens is 257 g/mol. The van der Waals surface area contributed by atoms with E-state index in [9.17, 15) is 18.0 Å². The number of hydrogen-bond acceptors (Lipinski definition) is 1. The van der Waals surface area contributed by atoms with Crippen LogP contribution in [0.5, 0.6) is 0 Å². The Morgan fingerprint density at radius 1 is 1.16 bits per heavy atom. The van der Waals surface area contributed by atoms with Crippen LogP contribution in [-0.2, 0) is 19.1 Å². The summed E-state index contributed by atoms with van der Waals surface area (Å²) in [4.78, 5) is 11.4. The standard InChI is InChI=1S/C13H13F3N2O/c14-13(15,16)11-9-12(19)18(17-11)8-4-7-10-5-2-1-3-6-10/h1-3,5-6,9,17H,4,7-8H2. The Hall–Kier alpha value is -1.98. The van der Waals surface area contributed by atoms with Gasteiger partial charge in [0, 0.05) is 12.6 Å². The molecule has 0 spiro atoms. The van der Waals surface area contributed by atoms with Crippen LogP contribution < -0.4 is 5.56 Å². The van der Waals surface area contributed by atoms with Gasteiger partial charge in [-0.3, -0.25) is 14.6 Å².